The average Bonchev–Trinajstić information content (AvgIpc) is 2.44. The Bertz CT molecular complexity index is 556. The molecule has 0 unspecified atom stereocenters. The maximum absolute atomic E-state index is 12.3. The van der Waals surface area contributed by atoms with E-state index < -0.39 is 54.0 Å². The quantitative estimate of drug-likeness (QED) is 0.340. The highest BCUT2D eigenvalue weighted by Crippen LogP contribution is 2.08. The Morgan fingerprint density at radius 2 is 1.50 bits per heavy atom. The lowest BCUT2D eigenvalue weighted by atomic mass is 10.1. The summed E-state index contributed by atoms with van der Waals surface area (Å²) in [7, 11) is 0. The first-order chi connectivity index (χ1) is 11.8. The zero-order valence-electron chi connectivity index (χ0n) is 14.9. The first-order valence-electron chi connectivity index (χ1n) is 7.84. The van der Waals surface area contributed by atoms with Crippen LogP contribution in [0.2, 0.25) is 0 Å². The van der Waals surface area contributed by atoms with Gasteiger partial charge >= 0.3 is 18.0 Å². The normalized spacial score (nSPS) is 13.2. The first-order valence-corrected chi connectivity index (χ1v) is 7.84. The summed E-state index contributed by atoms with van der Waals surface area (Å²) in [6.07, 6.45) is -2.15. The lowest BCUT2D eigenvalue weighted by Crippen LogP contribution is -2.52. The second-order valence-corrected chi connectivity index (χ2v) is 6.54. The van der Waals surface area contributed by atoms with Gasteiger partial charge in [-0.3, -0.25) is 14.4 Å². The summed E-state index contributed by atoms with van der Waals surface area (Å²) < 4.78 is 5.02. The van der Waals surface area contributed by atoms with Crippen LogP contribution in [0.15, 0.2) is 0 Å². The van der Waals surface area contributed by atoms with E-state index in [1.807, 2.05) is 0 Å². The monoisotopic (exact) mass is 375 g/mol. The van der Waals surface area contributed by atoms with E-state index in [4.69, 9.17) is 20.7 Å². The van der Waals surface area contributed by atoms with Gasteiger partial charge < -0.3 is 31.3 Å². The number of carbonyl (C=O) groups excluding carboxylic acids is 3. The van der Waals surface area contributed by atoms with E-state index in [9.17, 15) is 24.0 Å². The van der Waals surface area contributed by atoms with Gasteiger partial charge in [0.1, 0.15) is 17.7 Å². The summed E-state index contributed by atoms with van der Waals surface area (Å²) in [6.45, 7) is 4.83. The third kappa shape index (κ3) is 10.8. The van der Waals surface area contributed by atoms with Crippen molar-refractivity contribution in [1.29, 1.82) is 0 Å². The van der Waals surface area contributed by atoms with Crippen molar-refractivity contribution in [3.05, 3.63) is 0 Å². The molecule has 0 spiro atoms. The number of amides is 3. The Morgan fingerprint density at radius 1 is 0.962 bits per heavy atom. The van der Waals surface area contributed by atoms with Crippen LogP contribution >= 0.6 is 0 Å². The van der Waals surface area contributed by atoms with Crippen LogP contribution in [-0.4, -0.2) is 57.7 Å². The fourth-order valence-corrected chi connectivity index (χ4v) is 1.80. The molecule has 0 saturated heterocycles. The number of primary amides is 1. The Labute approximate surface area is 150 Å². The molecular weight excluding hydrogens is 350 g/mol. The number of aliphatic carboxylic acids is 2. The van der Waals surface area contributed by atoms with Crippen LogP contribution in [0.25, 0.3) is 0 Å². The molecule has 0 radical (unpaired) electrons. The lowest BCUT2D eigenvalue weighted by Gasteiger charge is -2.24. The molecule has 26 heavy (non-hydrogen) atoms. The van der Waals surface area contributed by atoms with E-state index in [1.54, 1.807) is 20.8 Å². The van der Waals surface area contributed by atoms with Crippen LogP contribution in [0, 0.1) is 0 Å². The predicted octanol–water partition coefficient (Wildman–Crippen LogP) is -0.421. The summed E-state index contributed by atoms with van der Waals surface area (Å²) in [5.41, 5.74) is 4.20. The minimum absolute atomic E-state index is 0.175. The smallest absolute Gasteiger partial charge is 0.408 e. The molecule has 0 aromatic carbocycles. The van der Waals surface area contributed by atoms with E-state index in [2.05, 4.69) is 10.6 Å². The Balaban J connectivity index is 5.05. The summed E-state index contributed by atoms with van der Waals surface area (Å²) in [6, 6.07) is -2.74. The van der Waals surface area contributed by atoms with E-state index >= 15 is 0 Å². The molecule has 0 heterocycles. The molecule has 0 aliphatic heterocycles. The number of alkyl carbamates (subject to hydrolysis) is 1. The van der Waals surface area contributed by atoms with Gasteiger partial charge in [0.25, 0.3) is 0 Å². The number of hydrogen-bond acceptors (Lipinski definition) is 6. The largest absolute Gasteiger partial charge is 0.481 e. The van der Waals surface area contributed by atoms with Gasteiger partial charge in [0.2, 0.25) is 11.8 Å². The Hall–Kier alpha value is -2.85. The molecule has 3 amide bonds. The summed E-state index contributed by atoms with van der Waals surface area (Å²) in [5.74, 6) is -4.25. The molecule has 11 heteroatoms. The molecule has 0 aromatic rings. The van der Waals surface area contributed by atoms with Gasteiger partial charge in [-0.25, -0.2) is 9.59 Å². The molecule has 2 atom stereocenters. The van der Waals surface area contributed by atoms with Crippen molar-refractivity contribution in [2.24, 2.45) is 5.73 Å². The van der Waals surface area contributed by atoms with Gasteiger partial charge in [0.15, 0.2) is 0 Å². The number of nitrogens with two attached hydrogens (primary N) is 1. The summed E-state index contributed by atoms with van der Waals surface area (Å²) in [4.78, 5) is 56.8. The van der Waals surface area contributed by atoms with E-state index in [0.29, 0.717) is 0 Å². The number of carbonyl (C=O) groups is 5. The lowest BCUT2D eigenvalue weighted by molar-refractivity contribution is -0.143. The van der Waals surface area contributed by atoms with E-state index in [1.165, 1.54) is 0 Å². The zero-order chi connectivity index (χ0) is 20.5. The van der Waals surface area contributed by atoms with Crippen molar-refractivity contribution >= 4 is 29.8 Å². The Kier molecular flexibility index (Phi) is 9.09. The van der Waals surface area contributed by atoms with Gasteiger partial charge in [-0.05, 0) is 33.6 Å². The van der Waals surface area contributed by atoms with Crippen LogP contribution < -0.4 is 16.4 Å². The van der Waals surface area contributed by atoms with Crippen molar-refractivity contribution < 1.29 is 38.9 Å². The summed E-state index contributed by atoms with van der Waals surface area (Å²) in [5, 5.41) is 22.1. The highest BCUT2D eigenvalue weighted by molar-refractivity contribution is 5.90. The molecule has 0 saturated carbocycles. The van der Waals surface area contributed by atoms with Gasteiger partial charge in [-0.1, -0.05) is 0 Å². The third-order valence-corrected chi connectivity index (χ3v) is 2.95. The topological polar surface area (TPSA) is 185 Å². The van der Waals surface area contributed by atoms with Gasteiger partial charge in [0.05, 0.1) is 0 Å². The zero-order valence-corrected chi connectivity index (χ0v) is 14.9. The maximum Gasteiger partial charge on any atom is 0.408 e. The molecule has 0 aromatic heterocycles. The number of carboxylic acid groups (broad SMARTS) is 2. The van der Waals surface area contributed by atoms with Crippen LogP contribution in [-0.2, 0) is 23.9 Å². The highest BCUT2D eigenvalue weighted by Gasteiger charge is 2.28. The van der Waals surface area contributed by atoms with Crippen molar-refractivity contribution in [2.45, 2.75) is 64.1 Å². The average molecular weight is 375 g/mol. The molecule has 0 fully saturated rings. The number of ether oxygens (including phenoxy) is 1. The Morgan fingerprint density at radius 3 is 1.92 bits per heavy atom. The molecule has 0 rings (SSSR count). The van der Waals surface area contributed by atoms with Crippen molar-refractivity contribution in [1.82, 2.24) is 10.6 Å². The van der Waals surface area contributed by atoms with Crippen LogP contribution in [0.5, 0.6) is 0 Å². The number of rotatable bonds is 10. The standard InChI is InChI=1S/C15H25N3O8/c1-15(2,3)26-14(25)18-8(4-6-10(16)19)12(22)17-9(13(23)24)5-7-11(20)21/h8-9H,4-7H2,1-3H3,(H2,16,19)(H,17,22)(H,18,25)(H,20,21)(H,23,24)/t8-,9-/m0/s1. The van der Waals surface area contributed by atoms with Gasteiger partial charge in [-0.2, -0.15) is 0 Å². The molecule has 148 valence electrons. The molecule has 0 aliphatic rings. The fourth-order valence-electron chi connectivity index (χ4n) is 1.80. The van der Waals surface area contributed by atoms with E-state index in [0.717, 1.165) is 0 Å². The number of hydrogen-bond donors (Lipinski definition) is 5. The van der Waals surface area contributed by atoms with Gasteiger partial charge in [-0.15, -0.1) is 0 Å². The van der Waals surface area contributed by atoms with Crippen molar-refractivity contribution in [3.63, 3.8) is 0 Å². The second kappa shape index (κ2) is 10.2. The van der Waals surface area contributed by atoms with Crippen molar-refractivity contribution in [3.8, 4) is 0 Å². The van der Waals surface area contributed by atoms with E-state index in [-0.39, 0.29) is 19.3 Å². The molecule has 0 aliphatic carbocycles. The molecular formula is C15H25N3O8. The second-order valence-electron chi connectivity index (χ2n) is 6.54. The predicted molar refractivity (Wildman–Crippen MR) is 88.0 cm³/mol. The summed E-state index contributed by atoms with van der Waals surface area (Å²) >= 11 is 0. The minimum Gasteiger partial charge on any atom is -0.481 e. The van der Waals surface area contributed by atoms with Crippen LogP contribution in [0.3, 0.4) is 0 Å². The fraction of sp³-hybridized carbons (Fsp3) is 0.667. The SMILES string of the molecule is CC(C)(C)OC(=O)N[C@@H](CCC(N)=O)C(=O)N[C@@H](CCC(=O)O)C(=O)O. The van der Waals surface area contributed by atoms with Gasteiger partial charge in [0, 0.05) is 12.8 Å². The minimum atomic E-state index is -1.46. The molecule has 0 bridgehead atoms. The third-order valence-electron chi connectivity index (χ3n) is 2.95. The number of nitrogens with one attached hydrogen (secondary N) is 2. The highest BCUT2D eigenvalue weighted by atomic mass is 16.6. The van der Waals surface area contributed by atoms with Crippen LogP contribution in [0.4, 0.5) is 4.79 Å². The first kappa shape index (κ1) is 23.1. The number of carboxylic acids is 2. The molecule has 6 N–H and O–H groups in total. The maximum atomic E-state index is 12.3. The molecule has 11 nitrogen and oxygen atoms in total. The van der Waals surface area contributed by atoms with Crippen LogP contribution in [0.1, 0.15) is 46.5 Å². The van der Waals surface area contributed by atoms with Crippen molar-refractivity contribution in [2.75, 3.05) is 0 Å².